The molecule has 0 aliphatic carbocycles. The molecule has 0 radical (unpaired) electrons. The number of aryl methyl sites for hydroxylation is 1. The SMILES string of the molecule is CC1(O)CCN(c2cc(NC(=O)N3CCCc4ccc(C=O)nc43)ncc2C#N)CC1. The molecule has 0 atom stereocenters. The molecule has 2 aromatic heterocycles. The van der Waals surface area contributed by atoms with Crippen molar-refractivity contribution in [2.24, 2.45) is 0 Å². The number of aliphatic hydroxyl groups is 1. The number of anilines is 3. The van der Waals surface area contributed by atoms with Crippen LogP contribution in [0.1, 0.15) is 47.8 Å². The summed E-state index contributed by atoms with van der Waals surface area (Å²) >= 11 is 0. The fourth-order valence-electron chi connectivity index (χ4n) is 3.98. The van der Waals surface area contributed by atoms with Crippen LogP contribution in [0, 0.1) is 11.3 Å². The van der Waals surface area contributed by atoms with Crippen LogP contribution in [0.3, 0.4) is 0 Å². The molecule has 0 unspecified atom stereocenters. The maximum atomic E-state index is 13.0. The number of nitriles is 1. The van der Waals surface area contributed by atoms with Gasteiger partial charge in [-0.25, -0.2) is 14.8 Å². The first-order valence-electron chi connectivity index (χ1n) is 10.3. The zero-order valence-electron chi connectivity index (χ0n) is 17.3. The predicted octanol–water partition coefficient (Wildman–Crippen LogP) is 2.50. The van der Waals surface area contributed by atoms with Gasteiger partial charge in [0.2, 0.25) is 0 Å². The molecular weight excluding hydrogens is 396 g/mol. The van der Waals surface area contributed by atoms with E-state index in [4.69, 9.17) is 0 Å². The van der Waals surface area contributed by atoms with Crippen LogP contribution < -0.4 is 15.1 Å². The smallest absolute Gasteiger partial charge is 0.328 e. The fourth-order valence-corrected chi connectivity index (χ4v) is 3.98. The van der Waals surface area contributed by atoms with Gasteiger partial charge < -0.3 is 10.0 Å². The van der Waals surface area contributed by atoms with Gasteiger partial charge in [0, 0.05) is 31.9 Å². The number of urea groups is 1. The molecule has 0 bridgehead atoms. The number of fused-ring (bicyclic) bond motifs is 1. The van der Waals surface area contributed by atoms with Crippen LogP contribution in [0.2, 0.25) is 0 Å². The lowest BCUT2D eigenvalue weighted by molar-refractivity contribution is 0.0351. The van der Waals surface area contributed by atoms with E-state index in [1.807, 2.05) is 17.9 Å². The van der Waals surface area contributed by atoms with Crippen molar-refractivity contribution in [3.8, 4) is 6.07 Å². The molecule has 4 rings (SSSR count). The summed E-state index contributed by atoms with van der Waals surface area (Å²) in [6, 6.07) is 6.93. The van der Waals surface area contributed by atoms with Crippen molar-refractivity contribution in [1.82, 2.24) is 9.97 Å². The van der Waals surface area contributed by atoms with Crippen LogP contribution in [-0.4, -0.2) is 52.6 Å². The predicted molar refractivity (Wildman–Crippen MR) is 115 cm³/mol. The average molecular weight is 420 g/mol. The molecule has 1 fully saturated rings. The van der Waals surface area contributed by atoms with Crippen molar-refractivity contribution in [3.63, 3.8) is 0 Å². The number of amides is 2. The number of aldehydes is 1. The Balaban J connectivity index is 1.56. The van der Waals surface area contributed by atoms with Gasteiger partial charge in [0.05, 0.1) is 16.9 Å². The maximum absolute atomic E-state index is 13.0. The van der Waals surface area contributed by atoms with E-state index < -0.39 is 5.60 Å². The van der Waals surface area contributed by atoms with Gasteiger partial charge in [-0.1, -0.05) is 6.07 Å². The fraction of sp³-hybridized carbons (Fsp3) is 0.409. The molecule has 2 aromatic rings. The largest absolute Gasteiger partial charge is 0.390 e. The van der Waals surface area contributed by atoms with Crippen molar-refractivity contribution in [2.45, 2.75) is 38.2 Å². The van der Waals surface area contributed by atoms with Gasteiger partial charge in [0.1, 0.15) is 23.4 Å². The van der Waals surface area contributed by atoms with Gasteiger partial charge in [-0.15, -0.1) is 0 Å². The highest BCUT2D eigenvalue weighted by Crippen LogP contribution is 2.30. The summed E-state index contributed by atoms with van der Waals surface area (Å²) in [5.41, 5.74) is 1.59. The second kappa shape index (κ2) is 8.32. The molecule has 4 heterocycles. The molecule has 2 aliphatic heterocycles. The molecular formula is C22H24N6O3. The minimum atomic E-state index is -0.706. The molecule has 0 spiro atoms. The second-order valence-electron chi connectivity index (χ2n) is 8.20. The second-order valence-corrected chi connectivity index (χ2v) is 8.20. The number of carbonyl (C=O) groups is 2. The summed E-state index contributed by atoms with van der Waals surface area (Å²) in [4.78, 5) is 36.2. The highest BCUT2D eigenvalue weighted by molar-refractivity contribution is 6.01. The number of aromatic nitrogens is 2. The van der Waals surface area contributed by atoms with Crippen LogP contribution in [0.25, 0.3) is 0 Å². The van der Waals surface area contributed by atoms with Gasteiger partial charge in [0.15, 0.2) is 6.29 Å². The van der Waals surface area contributed by atoms with E-state index in [0.717, 1.165) is 18.4 Å². The summed E-state index contributed by atoms with van der Waals surface area (Å²) in [6.45, 7) is 3.51. The van der Waals surface area contributed by atoms with E-state index in [1.54, 1.807) is 12.1 Å². The highest BCUT2D eigenvalue weighted by Gasteiger charge is 2.29. The number of rotatable bonds is 3. The Kier molecular flexibility index (Phi) is 5.57. The third-order valence-corrected chi connectivity index (χ3v) is 5.85. The molecule has 2 N–H and O–H groups in total. The van der Waals surface area contributed by atoms with Crippen LogP contribution in [0.4, 0.5) is 22.1 Å². The highest BCUT2D eigenvalue weighted by atomic mass is 16.3. The summed E-state index contributed by atoms with van der Waals surface area (Å²) < 4.78 is 0. The minimum absolute atomic E-state index is 0.276. The third-order valence-electron chi connectivity index (χ3n) is 5.85. The molecule has 0 aromatic carbocycles. The lowest BCUT2D eigenvalue weighted by atomic mass is 9.93. The van der Waals surface area contributed by atoms with E-state index >= 15 is 0 Å². The Labute approximate surface area is 180 Å². The summed E-state index contributed by atoms with van der Waals surface area (Å²) in [5, 5.41) is 22.5. The molecule has 2 aliphatic rings. The van der Waals surface area contributed by atoms with E-state index in [-0.39, 0.29) is 11.7 Å². The minimum Gasteiger partial charge on any atom is -0.390 e. The van der Waals surface area contributed by atoms with Crippen molar-refractivity contribution < 1.29 is 14.7 Å². The maximum Gasteiger partial charge on any atom is 0.328 e. The first kappa shape index (κ1) is 20.8. The number of pyridine rings is 2. The molecule has 9 nitrogen and oxygen atoms in total. The zero-order chi connectivity index (χ0) is 22.0. The van der Waals surface area contributed by atoms with Crippen LogP contribution >= 0.6 is 0 Å². The van der Waals surface area contributed by atoms with Crippen LogP contribution in [0.5, 0.6) is 0 Å². The standard InChI is InChI=1S/C22H24N6O3/c1-22(31)6-9-27(10-7-22)18-11-19(24-13-16(18)12-23)26-21(30)28-8-2-3-15-4-5-17(14-29)25-20(15)28/h4-5,11,13-14,31H,2-3,6-10H2,1H3,(H,24,26,30). The van der Waals surface area contributed by atoms with Gasteiger partial charge in [0.25, 0.3) is 0 Å². The monoisotopic (exact) mass is 420 g/mol. The average Bonchev–Trinajstić information content (AvgIpc) is 2.78. The first-order chi connectivity index (χ1) is 14.9. The quantitative estimate of drug-likeness (QED) is 0.732. The lowest BCUT2D eigenvalue weighted by Crippen LogP contribution is -2.43. The summed E-state index contributed by atoms with van der Waals surface area (Å²) in [6.07, 6.45) is 4.89. The van der Waals surface area contributed by atoms with E-state index in [0.29, 0.717) is 61.6 Å². The van der Waals surface area contributed by atoms with E-state index in [9.17, 15) is 20.0 Å². The molecule has 1 saturated heterocycles. The number of nitrogens with one attached hydrogen (secondary N) is 1. The number of hydrogen-bond donors (Lipinski definition) is 2. The zero-order valence-corrected chi connectivity index (χ0v) is 17.3. The van der Waals surface area contributed by atoms with E-state index in [1.165, 1.54) is 11.1 Å². The Hall–Kier alpha value is -3.51. The van der Waals surface area contributed by atoms with Gasteiger partial charge >= 0.3 is 6.03 Å². The molecule has 2 amide bonds. The summed E-state index contributed by atoms with van der Waals surface area (Å²) in [7, 11) is 0. The normalized spacial score (nSPS) is 17.5. The topological polar surface area (TPSA) is 122 Å². The van der Waals surface area contributed by atoms with Crippen LogP contribution in [-0.2, 0) is 6.42 Å². The van der Waals surface area contributed by atoms with Crippen molar-refractivity contribution >= 4 is 29.6 Å². The van der Waals surface area contributed by atoms with Gasteiger partial charge in [-0.2, -0.15) is 5.26 Å². The van der Waals surface area contributed by atoms with Gasteiger partial charge in [-0.3, -0.25) is 15.0 Å². The van der Waals surface area contributed by atoms with Gasteiger partial charge in [-0.05, 0) is 44.2 Å². The lowest BCUT2D eigenvalue weighted by Gasteiger charge is -2.37. The number of nitrogens with zero attached hydrogens (tertiary/aromatic N) is 5. The van der Waals surface area contributed by atoms with Crippen molar-refractivity contribution in [3.05, 3.63) is 41.2 Å². The summed E-state index contributed by atoms with van der Waals surface area (Å²) in [5.74, 6) is 0.815. The number of carbonyl (C=O) groups excluding carboxylic acids is 2. The Bertz CT molecular complexity index is 1050. The Morgan fingerprint density at radius 1 is 1.32 bits per heavy atom. The number of hydrogen-bond acceptors (Lipinski definition) is 7. The first-order valence-corrected chi connectivity index (χ1v) is 10.3. The van der Waals surface area contributed by atoms with Crippen LogP contribution in [0.15, 0.2) is 24.4 Å². The van der Waals surface area contributed by atoms with Crippen molar-refractivity contribution in [1.29, 1.82) is 5.26 Å². The van der Waals surface area contributed by atoms with Crippen molar-refractivity contribution in [2.75, 3.05) is 34.8 Å². The third kappa shape index (κ3) is 4.34. The number of piperidine rings is 1. The molecule has 160 valence electrons. The Morgan fingerprint density at radius 2 is 2.10 bits per heavy atom. The molecule has 31 heavy (non-hydrogen) atoms. The molecule has 9 heteroatoms. The Morgan fingerprint density at radius 3 is 2.81 bits per heavy atom. The van der Waals surface area contributed by atoms with E-state index in [2.05, 4.69) is 21.4 Å². The molecule has 0 saturated carbocycles.